The molecule has 0 aliphatic heterocycles. The summed E-state index contributed by atoms with van der Waals surface area (Å²) in [7, 11) is 0. The summed E-state index contributed by atoms with van der Waals surface area (Å²) >= 11 is 0. The monoisotopic (exact) mass is 362 g/mol. The Hall–Kier alpha value is -0.990. The standard InChI is InChI=1S/C18H34O7/c1-5-7-8-16(6-2)13-24-18(21,25-17(20)15(3)4)14-23-12-11-22-10-9-19/h16,19,21H,3,5-14H2,1-2,4H3. The fourth-order valence-corrected chi connectivity index (χ4v) is 1.96. The predicted molar refractivity (Wildman–Crippen MR) is 93.8 cm³/mol. The maximum atomic E-state index is 11.7. The molecule has 0 saturated carbocycles. The molecule has 0 amide bonds. The van der Waals surface area contributed by atoms with Crippen molar-refractivity contribution < 1.29 is 34.0 Å². The Bertz CT molecular complexity index is 372. The van der Waals surface area contributed by atoms with Gasteiger partial charge in [-0.05, 0) is 19.3 Å². The number of hydrogen-bond donors (Lipinski definition) is 2. The number of carbonyl (C=O) groups is 1. The van der Waals surface area contributed by atoms with Gasteiger partial charge in [0, 0.05) is 5.57 Å². The summed E-state index contributed by atoms with van der Waals surface area (Å²) in [5.74, 6) is -2.64. The van der Waals surface area contributed by atoms with Gasteiger partial charge in [0.1, 0.15) is 6.61 Å². The van der Waals surface area contributed by atoms with Gasteiger partial charge in [-0.1, -0.05) is 39.7 Å². The first-order chi connectivity index (χ1) is 11.9. The van der Waals surface area contributed by atoms with Gasteiger partial charge in [0.05, 0.1) is 33.0 Å². The molecule has 25 heavy (non-hydrogen) atoms. The van der Waals surface area contributed by atoms with E-state index < -0.39 is 11.9 Å². The predicted octanol–water partition coefficient (Wildman–Crippen LogP) is 2.01. The zero-order valence-corrected chi connectivity index (χ0v) is 15.8. The molecule has 0 bridgehead atoms. The fourth-order valence-electron chi connectivity index (χ4n) is 1.96. The topological polar surface area (TPSA) is 94.5 Å². The van der Waals surface area contributed by atoms with Gasteiger partial charge in [0.25, 0.3) is 0 Å². The Balaban J connectivity index is 4.54. The number of aliphatic hydroxyl groups is 2. The van der Waals surface area contributed by atoms with Gasteiger partial charge in [-0.25, -0.2) is 4.79 Å². The minimum absolute atomic E-state index is 0.0700. The molecule has 148 valence electrons. The van der Waals surface area contributed by atoms with Crippen LogP contribution in [-0.4, -0.2) is 61.8 Å². The van der Waals surface area contributed by atoms with Crippen LogP contribution in [0.3, 0.4) is 0 Å². The molecule has 0 rings (SSSR count). The van der Waals surface area contributed by atoms with E-state index in [0.717, 1.165) is 25.7 Å². The smallest absolute Gasteiger partial charge is 0.351 e. The van der Waals surface area contributed by atoms with Crippen LogP contribution < -0.4 is 0 Å². The minimum Gasteiger partial charge on any atom is -0.402 e. The Kier molecular flexibility index (Phi) is 13.6. The molecule has 2 N–H and O–H groups in total. The Morgan fingerprint density at radius 2 is 1.88 bits per heavy atom. The Morgan fingerprint density at radius 3 is 2.44 bits per heavy atom. The quantitative estimate of drug-likeness (QED) is 0.188. The summed E-state index contributed by atoms with van der Waals surface area (Å²) in [4.78, 5) is 11.7. The molecule has 0 spiro atoms. The number of carbonyl (C=O) groups excluding carboxylic acids is 1. The average Bonchev–Trinajstić information content (AvgIpc) is 2.58. The highest BCUT2D eigenvalue weighted by atomic mass is 16.8. The van der Waals surface area contributed by atoms with E-state index in [1.54, 1.807) is 0 Å². The molecule has 0 aliphatic rings. The van der Waals surface area contributed by atoms with Crippen molar-refractivity contribution in [3.63, 3.8) is 0 Å². The number of unbranched alkanes of at least 4 members (excludes halogenated alkanes) is 1. The molecule has 0 aromatic rings. The van der Waals surface area contributed by atoms with E-state index in [1.165, 1.54) is 6.92 Å². The molecular formula is C18H34O7. The summed E-state index contributed by atoms with van der Waals surface area (Å²) in [5.41, 5.74) is 0.159. The van der Waals surface area contributed by atoms with Gasteiger partial charge < -0.3 is 29.2 Å². The molecular weight excluding hydrogens is 328 g/mol. The molecule has 7 nitrogen and oxygen atoms in total. The normalized spacial score (nSPS) is 14.8. The zero-order valence-electron chi connectivity index (χ0n) is 15.8. The largest absolute Gasteiger partial charge is 0.402 e. The van der Waals surface area contributed by atoms with Crippen molar-refractivity contribution in [3.05, 3.63) is 12.2 Å². The second kappa shape index (κ2) is 14.2. The molecule has 2 atom stereocenters. The lowest BCUT2D eigenvalue weighted by molar-refractivity contribution is -0.360. The molecule has 0 radical (unpaired) electrons. The fraction of sp³-hybridized carbons (Fsp3) is 0.833. The molecule has 0 aliphatic carbocycles. The number of esters is 1. The maximum Gasteiger partial charge on any atom is 0.351 e. The van der Waals surface area contributed by atoms with Crippen molar-refractivity contribution in [1.29, 1.82) is 0 Å². The summed E-state index contributed by atoms with van der Waals surface area (Å²) < 4.78 is 20.9. The highest BCUT2D eigenvalue weighted by Gasteiger charge is 2.34. The van der Waals surface area contributed by atoms with E-state index in [4.69, 9.17) is 24.1 Å². The summed E-state index contributed by atoms with van der Waals surface area (Å²) in [6.45, 7) is 9.65. The molecule has 0 fully saturated rings. The van der Waals surface area contributed by atoms with Crippen LogP contribution in [-0.2, 0) is 23.7 Å². The van der Waals surface area contributed by atoms with Gasteiger partial charge in [0.2, 0.25) is 0 Å². The van der Waals surface area contributed by atoms with Crippen LogP contribution in [0.1, 0.15) is 46.5 Å². The van der Waals surface area contributed by atoms with Crippen molar-refractivity contribution in [3.8, 4) is 0 Å². The Labute approximate surface area is 150 Å². The van der Waals surface area contributed by atoms with E-state index in [2.05, 4.69) is 20.4 Å². The first-order valence-corrected chi connectivity index (χ1v) is 8.90. The van der Waals surface area contributed by atoms with Crippen LogP contribution in [0.25, 0.3) is 0 Å². The molecule has 0 heterocycles. The van der Waals surface area contributed by atoms with E-state index in [9.17, 15) is 9.90 Å². The van der Waals surface area contributed by atoms with Crippen molar-refractivity contribution in [2.24, 2.45) is 5.92 Å². The summed E-state index contributed by atoms with van der Waals surface area (Å²) in [5, 5.41) is 19.1. The highest BCUT2D eigenvalue weighted by Crippen LogP contribution is 2.19. The van der Waals surface area contributed by atoms with E-state index in [-0.39, 0.29) is 51.1 Å². The van der Waals surface area contributed by atoms with Crippen molar-refractivity contribution >= 4 is 5.97 Å². The second-order valence-corrected chi connectivity index (χ2v) is 6.00. The van der Waals surface area contributed by atoms with Gasteiger partial charge in [0.15, 0.2) is 0 Å². The lowest BCUT2D eigenvalue weighted by atomic mass is 10.0. The third-order valence-electron chi connectivity index (χ3n) is 3.58. The zero-order chi connectivity index (χ0) is 19.1. The molecule has 0 saturated heterocycles. The van der Waals surface area contributed by atoms with Crippen LogP contribution in [0.4, 0.5) is 0 Å². The van der Waals surface area contributed by atoms with E-state index in [1.807, 2.05) is 0 Å². The SMILES string of the molecule is C=C(C)C(=O)OC(O)(COCCOCCO)OCC(CC)CCCC. The second-order valence-electron chi connectivity index (χ2n) is 6.00. The summed E-state index contributed by atoms with van der Waals surface area (Å²) in [6.07, 6.45) is 4.04. The van der Waals surface area contributed by atoms with Crippen LogP contribution in [0.2, 0.25) is 0 Å². The maximum absolute atomic E-state index is 11.7. The lowest BCUT2D eigenvalue weighted by Crippen LogP contribution is -2.44. The van der Waals surface area contributed by atoms with Crippen molar-refractivity contribution in [2.75, 3.05) is 39.6 Å². The lowest BCUT2D eigenvalue weighted by Gasteiger charge is -2.29. The third-order valence-corrected chi connectivity index (χ3v) is 3.58. The van der Waals surface area contributed by atoms with Crippen LogP contribution in [0.15, 0.2) is 12.2 Å². The van der Waals surface area contributed by atoms with Gasteiger partial charge in [-0.3, -0.25) is 0 Å². The summed E-state index contributed by atoms with van der Waals surface area (Å²) in [6, 6.07) is 0. The average molecular weight is 362 g/mol. The van der Waals surface area contributed by atoms with E-state index in [0.29, 0.717) is 0 Å². The molecule has 7 heteroatoms. The van der Waals surface area contributed by atoms with Gasteiger partial charge in [-0.15, -0.1) is 0 Å². The first kappa shape index (κ1) is 24.0. The van der Waals surface area contributed by atoms with Crippen LogP contribution in [0.5, 0.6) is 0 Å². The van der Waals surface area contributed by atoms with Crippen LogP contribution in [0, 0.1) is 5.92 Å². The first-order valence-electron chi connectivity index (χ1n) is 8.90. The molecule has 0 aromatic carbocycles. The number of aliphatic hydroxyl groups excluding tert-OH is 1. The van der Waals surface area contributed by atoms with Crippen molar-refractivity contribution in [2.45, 2.75) is 52.4 Å². The Morgan fingerprint density at radius 1 is 1.20 bits per heavy atom. The molecule has 0 aromatic heterocycles. The van der Waals surface area contributed by atoms with Crippen LogP contribution >= 0.6 is 0 Å². The van der Waals surface area contributed by atoms with E-state index >= 15 is 0 Å². The van der Waals surface area contributed by atoms with Gasteiger partial charge in [-0.2, -0.15) is 0 Å². The van der Waals surface area contributed by atoms with Crippen molar-refractivity contribution in [1.82, 2.24) is 0 Å². The minimum atomic E-state index is -2.16. The highest BCUT2D eigenvalue weighted by molar-refractivity contribution is 5.87. The number of ether oxygens (including phenoxy) is 4. The number of hydrogen-bond acceptors (Lipinski definition) is 7. The third kappa shape index (κ3) is 12.1. The number of rotatable bonds is 16. The van der Waals surface area contributed by atoms with Gasteiger partial charge >= 0.3 is 11.9 Å². The molecule has 2 unspecified atom stereocenters.